The van der Waals surface area contributed by atoms with E-state index in [2.05, 4.69) is 23.6 Å². The summed E-state index contributed by atoms with van der Waals surface area (Å²) in [5.41, 5.74) is 1.97. The van der Waals surface area contributed by atoms with Gasteiger partial charge in [-0.05, 0) is 30.2 Å². The molecule has 32 heavy (non-hydrogen) atoms. The first-order valence-electron chi connectivity index (χ1n) is 10.6. The molecule has 8 nitrogen and oxygen atoms in total. The molecule has 2 aromatic rings. The van der Waals surface area contributed by atoms with Crippen molar-refractivity contribution in [1.29, 1.82) is 0 Å². The minimum Gasteiger partial charge on any atom is -0.493 e. The Hall–Kier alpha value is -2.68. The lowest BCUT2D eigenvalue weighted by Crippen LogP contribution is -2.37. The van der Waals surface area contributed by atoms with Crippen LogP contribution in [0.1, 0.15) is 42.2 Å². The molecular formula is C24H31NO7. The molecule has 1 aliphatic heterocycles. The molecule has 0 N–H and O–H groups in total. The number of pyridine rings is 1. The Labute approximate surface area is 187 Å². The van der Waals surface area contributed by atoms with Gasteiger partial charge in [0.1, 0.15) is 11.3 Å². The highest BCUT2D eigenvalue weighted by molar-refractivity contribution is 5.89. The summed E-state index contributed by atoms with van der Waals surface area (Å²) >= 11 is 0. The fourth-order valence-corrected chi connectivity index (χ4v) is 4.20. The van der Waals surface area contributed by atoms with Crippen LogP contribution in [-0.4, -0.2) is 51.7 Å². The molecule has 3 rings (SSSR count). The van der Waals surface area contributed by atoms with Crippen LogP contribution >= 0.6 is 0 Å². The number of rotatable bonds is 10. The SMILES string of the molecule is COCCCOc1ccc2c(c1)CC(C(C)(C)COC)n1cc(C(=O)OOC)c(=O)cc1-2. The predicted octanol–water partition coefficient (Wildman–Crippen LogP) is 3.42. The molecule has 0 amide bonds. The second-order valence-corrected chi connectivity index (χ2v) is 8.54. The zero-order chi connectivity index (χ0) is 23.3. The standard InChI is InChI=1S/C24H31NO7/c1-24(2,15-29-4)22-12-16-11-17(31-10-6-9-28-3)7-8-18(16)20-13-21(26)19(14-25(20)22)23(27)32-30-5/h7-8,11,13-14,22H,6,9-10,12,15H2,1-5H3. The van der Waals surface area contributed by atoms with Gasteiger partial charge in [0.05, 0.1) is 26.0 Å². The second-order valence-electron chi connectivity index (χ2n) is 8.54. The summed E-state index contributed by atoms with van der Waals surface area (Å²) in [5.74, 6) is -0.0408. The van der Waals surface area contributed by atoms with Crippen molar-refractivity contribution in [2.24, 2.45) is 5.41 Å². The molecule has 1 atom stereocenters. The van der Waals surface area contributed by atoms with Crippen LogP contribution < -0.4 is 10.2 Å². The first kappa shape index (κ1) is 24.0. The van der Waals surface area contributed by atoms with Gasteiger partial charge in [-0.1, -0.05) is 13.8 Å². The van der Waals surface area contributed by atoms with Crippen LogP contribution in [0.3, 0.4) is 0 Å². The molecule has 0 bridgehead atoms. The van der Waals surface area contributed by atoms with E-state index in [4.69, 9.17) is 14.2 Å². The number of nitrogens with zero attached hydrogens (tertiary/aromatic N) is 1. The lowest BCUT2D eigenvalue weighted by molar-refractivity contribution is -0.216. The molecule has 1 unspecified atom stereocenters. The normalized spacial score (nSPS) is 15.1. The summed E-state index contributed by atoms with van der Waals surface area (Å²) in [6, 6.07) is 7.30. The fourth-order valence-electron chi connectivity index (χ4n) is 4.20. The van der Waals surface area contributed by atoms with Gasteiger partial charge >= 0.3 is 5.97 Å². The minimum atomic E-state index is -0.818. The van der Waals surface area contributed by atoms with Crippen molar-refractivity contribution in [1.82, 2.24) is 4.57 Å². The summed E-state index contributed by atoms with van der Waals surface area (Å²) in [7, 11) is 4.56. The average molecular weight is 446 g/mol. The van der Waals surface area contributed by atoms with Gasteiger partial charge in [0, 0.05) is 56.5 Å². The highest BCUT2D eigenvalue weighted by atomic mass is 17.2. The number of aromatic nitrogens is 1. The molecule has 2 heterocycles. The quantitative estimate of drug-likeness (QED) is 0.315. The molecule has 0 aliphatic carbocycles. The summed E-state index contributed by atoms with van der Waals surface area (Å²) in [6.45, 7) is 5.91. The lowest BCUT2D eigenvalue weighted by Gasteiger charge is -2.40. The van der Waals surface area contributed by atoms with Crippen molar-refractivity contribution in [2.45, 2.75) is 32.7 Å². The molecule has 1 aromatic carbocycles. The van der Waals surface area contributed by atoms with E-state index in [1.54, 1.807) is 20.4 Å². The van der Waals surface area contributed by atoms with E-state index in [0.717, 1.165) is 29.0 Å². The third-order valence-corrected chi connectivity index (χ3v) is 5.74. The van der Waals surface area contributed by atoms with Gasteiger partial charge in [0.2, 0.25) is 0 Å². The minimum absolute atomic E-state index is 0.0663. The Kier molecular flexibility index (Phi) is 7.71. The molecule has 0 saturated heterocycles. The summed E-state index contributed by atoms with van der Waals surface area (Å²) in [4.78, 5) is 34.1. The van der Waals surface area contributed by atoms with Crippen LogP contribution in [0, 0.1) is 5.41 Å². The van der Waals surface area contributed by atoms with E-state index in [0.29, 0.717) is 26.2 Å². The zero-order valence-corrected chi connectivity index (χ0v) is 19.3. The Morgan fingerprint density at radius 1 is 1.12 bits per heavy atom. The van der Waals surface area contributed by atoms with Crippen LogP contribution in [0.4, 0.5) is 0 Å². The fraction of sp³-hybridized carbons (Fsp3) is 0.500. The smallest absolute Gasteiger partial charge is 0.378 e. The Morgan fingerprint density at radius 2 is 1.91 bits per heavy atom. The van der Waals surface area contributed by atoms with Crippen molar-refractivity contribution < 1.29 is 28.8 Å². The van der Waals surface area contributed by atoms with E-state index < -0.39 is 11.4 Å². The number of hydrogen-bond acceptors (Lipinski definition) is 7. The molecule has 0 spiro atoms. The number of hydrogen-bond donors (Lipinski definition) is 0. The Morgan fingerprint density at radius 3 is 2.59 bits per heavy atom. The van der Waals surface area contributed by atoms with Gasteiger partial charge in [-0.15, -0.1) is 0 Å². The molecule has 1 aromatic heterocycles. The van der Waals surface area contributed by atoms with Crippen molar-refractivity contribution in [3.05, 3.63) is 51.8 Å². The van der Waals surface area contributed by atoms with Crippen molar-refractivity contribution in [3.8, 4) is 17.0 Å². The van der Waals surface area contributed by atoms with Crippen LogP contribution in [0.15, 0.2) is 35.3 Å². The topological polar surface area (TPSA) is 85.2 Å². The first-order chi connectivity index (χ1) is 15.3. The summed E-state index contributed by atoms with van der Waals surface area (Å²) < 4.78 is 18.4. The van der Waals surface area contributed by atoms with E-state index in [1.165, 1.54) is 13.2 Å². The van der Waals surface area contributed by atoms with E-state index in [9.17, 15) is 9.59 Å². The maximum Gasteiger partial charge on any atom is 0.378 e. The number of benzene rings is 1. The van der Waals surface area contributed by atoms with Crippen molar-refractivity contribution >= 4 is 5.97 Å². The third-order valence-electron chi connectivity index (χ3n) is 5.74. The van der Waals surface area contributed by atoms with Gasteiger partial charge in [0.25, 0.3) is 0 Å². The van der Waals surface area contributed by atoms with Gasteiger partial charge in [-0.25, -0.2) is 4.79 Å². The Bertz CT molecular complexity index is 1010. The van der Waals surface area contributed by atoms with E-state index in [1.807, 2.05) is 22.8 Å². The van der Waals surface area contributed by atoms with Gasteiger partial charge < -0.3 is 18.8 Å². The highest BCUT2D eigenvalue weighted by Crippen LogP contribution is 2.43. The lowest BCUT2D eigenvalue weighted by atomic mass is 9.78. The van der Waals surface area contributed by atoms with Crippen LogP contribution in [-0.2, 0) is 25.7 Å². The number of carbonyl (C=O) groups excluding carboxylic acids is 1. The molecule has 174 valence electrons. The monoisotopic (exact) mass is 445 g/mol. The molecular weight excluding hydrogens is 414 g/mol. The highest BCUT2D eigenvalue weighted by Gasteiger charge is 2.36. The predicted molar refractivity (Wildman–Crippen MR) is 119 cm³/mol. The number of carbonyl (C=O) groups is 1. The van der Waals surface area contributed by atoms with Crippen molar-refractivity contribution in [3.63, 3.8) is 0 Å². The van der Waals surface area contributed by atoms with E-state index in [-0.39, 0.29) is 17.0 Å². The van der Waals surface area contributed by atoms with Gasteiger partial charge in [-0.2, -0.15) is 4.89 Å². The maximum absolute atomic E-state index is 12.7. The molecule has 0 saturated carbocycles. The van der Waals surface area contributed by atoms with Crippen molar-refractivity contribution in [2.75, 3.05) is 41.2 Å². The molecule has 1 aliphatic rings. The van der Waals surface area contributed by atoms with Gasteiger partial charge in [-0.3, -0.25) is 9.68 Å². The van der Waals surface area contributed by atoms with Crippen LogP contribution in [0.5, 0.6) is 5.75 Å². The van der Waals surface area contributed by atoms with Gasteiger partial charge in [0.15, 0.2) is 5.43 Å². The average Bonchev–Trinajstić information content (AvgIpc) is 2.75. The zero-order valence-electron chi connectivity index (χ0n) is 19.3. The molecule has 8 heteroatoms. The maximum atomic E-state index is 12.7. The summed E-state index contributed by atoms with van der Waals surface area (Å²) in [6.07, 6.45) is 3.06. The number of methoxy groups -OCH3 is 2. The van der Waals surface area contributed by atoms with Crippen LogP contribution in [0.25, 0.3) is 11.3 Å². The molecule has 0 fully saturated rings. The second kappa shape index (κ2) is 10.3. The number of fused-ring (bicyclic) bond motifs is 3. The first-order valence-corrected chi connectivity index (χ1v) is 10.6. The van der Waals surface area contributed by atoms with E-state index >= 15 is 0 Å². The molecule has 0 radical (unpaired) electrons. The third kappa shape index (κ3) is 5.03. The Balaban J connectivity index is 2.07. The number of ether oxygens (including phenoxy) is 3. The summed E-state index contributed by atoms with van der Waals surface area (Å²) in [5, 5.41) is 0. The largest absolute Gasteiger partial charge is 0.493 e. The van der Waals surface area contributed by atoms with Crippen LogP contribution in [0.2, 0.25) is 0 Å².